The van der Waals surface area contributed by atoms with Crippen molar-refractivity contribution in [1.29, 1.82) is 0 Å². The number of benzene rings is 1. The molecule has 1 fully saturated rings. The summed E-state index contributed by atoms with van der Waals surface area (Å²) in [5.41, 5.74) is 0.646. The van der Waals surface area contributed by atoms with Gasteiger partial charge in [-0.3, -0.25) is 4.79 Å². The second-order valence-corrected chi connectivity index (χ2v) is 5.46. The van der Waals surface area contributed by atoms with Gasteiger partial charge in [0.1, 0.15) is 6.04 Å². The third kappa shape index (κ3) is 4.46. The lowest BCUT2D eigenvalue weighted by Gasteiger charge is -2.34. The molecule has 1 aliphatic rings. The monoisotopic (exact) mass is 300 g/mol. The molecule has 0 unspecified atom stereocenters. The van der Waals surface area contributed by atoms with E-state index in [0.29, 0.717) is 24.9 Å². The highest BCUT2D eigenvalue weighted by molar-refractivity contribution is 5.76. The van der Waals surface area contributed by atoms with E-state index in [1.165, 1.54) is 4.90 Å². The summed E-state index contributed by atoms with van der Waals surface area (Å²) in [6.07, 6.45) is -3.66. The van der Waals surface area contributed by atoms with Crippen LogP contribution in [0, 0.1) is 0 Å². The van der Waals surface area contributed by atoms with Crippen molar-refractivity contribution >= 4 is 5.91 Å². The Morgan fingerprint density at radius 1 is 1.33 bits per heavy atom. The van der Waals surface area contributed by atoms with Crippen LogP contribution in [-0.4, -0.2) is 42.7 Å². The van der Waals surface area contributed by atoms with Crippen LogP contribution in [0.5, 0.6) is 0 Å². The Kier molecular flexibility index (Phi) is 4.88. The molecule has 1 aromatic rings. The Morgan fingerprint density at radius 3 is 2.57 bits per heavy atom. The Hall–Kier alpha value is -1.56. The Morgan fingerprint density at radius 2 is 2.00 bits per heavy atom. The Labute approximate surface area is 122 Å². The molecule has 2 rings (SSSR count). The zero-order valence-electron chi connectivity index (χ0n) is 11.9. The summed E-state index contributed by atoms with van der Waals surface area (Å²) in [5.74, 6) is -0.0142. The first-order chi connectivity index (χ1) is 9.86. The van der Waals surface area contributed by atoms with Crippen LogP contribution in [0.2, 0.25) is 0 Å². The first-order valence-electron chi connectivity index (χ1n) is 6.97. The number of likely N-dealkylation sites (N-methyl/N-ethyl adjacent to an activating group) is 1. The molecule has 0 aromatic heterocycles. The zero-order valence-corrected chi connectivity index (χ0v) is 11.9. The Balaban J connectivity index is 2.02. The minimum atomic E-state index is -4.31. The molecule has 3 nitrogen and oxygen atoms in total. The molecule has 21 heavy (non-hydrogen) atoms. The number of hydrogen-bond donors (Lipinski definition) is 1. The van der Waals surface area contributed by atoms with Gasteiger partial charge in [-0.1, -0.05) is 30.3 Å². The number of likely N-dealkylation sites (tertiary alicyclic amines) is 1. The van der Waals surface area contributed by atoms with Gasteiger partial charge in [-0.2, -0.15) is 13.2 Å². The smallest absolute Gasteiger partial charge is 0.344 e. The van der Waals surface area contributed by atoms with E-state index in [9.17, 15) is 18.0 Å². The number of amides is 1. The average molecular weight is 300 g/mol. The predicted molar refractivity (Wildman–Crippen MR) is 73.8 cm³/mol. The largest absolute Gasteiger partial charge is 0.404 e. The number of alkyl halides is 3. The van der Waals surface area contributed by atoms with Crippen LogP contribution in [0.3, 0.4) is 0 Å². The molecule has 0 aliphatic carbocycles. The molecule has 6 heteroatoms. The summed E-state index contributed by atoms with van der Waals surface area (Å²) in [7, 11) is 1.62. The molecule has 1 N–H and O–H groups in total. The van der Waals surface area contributed by atoms with Gasteiger partial charge in [0.15, 0.2) is 0 Å². The van der Waals surface area contributed by atoms with Crippen molar-refractivity contribution in [2.24, 2.45) is 0 Å². The van der Waals surface area contributed by atoms with Crippen LogP contribution in [0.4, 0.5) is 13.2 Å². The van der Waals surface area contributed by atoms with Gasteiger partial charge in [0.25, 0.3) is 0 Å². The van der Waals surface area contributed by atoms with Crippen LogP contribution < -0.4 is 5.32 Å². The number of rotatable bonds is 4. The fraction of sp³-hybridized carbons (Fsp3) is 0.533. The molecule has 0 radical (unpaired) electrons. The third-order valence-electron chi connectivity index (χ3n) is 3.74. The molecule has 1 aromatic carbocycles. The minimum absolute atomic E-state index is 0.0142. The van der Waals surface area contributed by atoms with Crippen molar-refractivity contribution in [3.63, 3.8) is 0 Å². The van der Waals surface area contributed by atoms with Gasteiger partial charge in [0.2, 0.25) is 5.91 Å². The summed E-state index contributed by atoms with van der Waals surface area (Å²) < 4.78 is 39.6. The van der Waals surface area contributed by atoms with E-state index in [2.05, 4.69) is 5.32 Å². The van der Waals surface area contributed by atoms with Gasteiger partial charge in [0.05, 0.1) is 0 Å². The molecule has 0 saturated carbocycles. The summed E-state index contributed by atoms with van der Waals surface area (Å²) >= 11 is 0. The van der Waals surface area contributed by atoms with Crippen molar-refractivity contribution in [3.05, 3.63) is 35.9 Å². The van der Waals surface area contributed by atoms with Crippen molar-refractivity contribution in [2.75, 3.05) is 13.6 Å². The van der Waals surface area contributed by atoms with E-state index in [1.54, 1.807) is 37.4 Å². The molecule has 1 heterocycles. The van der Waals surface area contributed by atoms with Gasteiger partial charge in [-0.05, 0) is 18.4 Å². The van der Waals surface area contributed by atoms with Crippen molar-refractivity contribution < 1.29 is 18.0 Å². The summed E-state index contributed by atoms with van der Waals surface area (Å²) in [5, 5.41) is 2.68. The molecule has 116 valence electrons. The van der Waals surface area contributed by atoms with E-state index in [-0.39, 0.29) is 18.4 Å². The van der Waals surface area contributed by atoms with Gasteiger partial charge in [-0.15, -0.1) is 0 Å². The van der Waals surface area contributed by atoms with Crippen molar-refractivity contribution in [2.45, 2.75) is 37.5 Å². The van der Waals surface area contributed by atoms with E-state index in [4.69, 9.17) is 0 Å². The minimum Gasteiger partial charge on any atom is -0.344 e. The lowest BCUT2D eigenvalue weighted by atomic mass is 10.0. The van der Waals surface area contributed by atoms with Crippen molar-refractivity contribution in [1.82, 2.24) is 10.2 Å². The summed E-state index contributed by atoms with van der Waals surface area (Å²) in [6, 6.07) is 6.72. The zero-order chi connectivity index (χ0) is 15.5. The quantitative estimate of drug-likeness (QED) is 0.926. The normalized spacial score (nSPS) is 21.4. The van der Waals surface area contributed by atoms with Gasteiger partial charge in [-0.25, -0.2) is 0 Å². The van der Waals surface area contributed by atoms with Crippen LogP contribution in [0.1, 0.15) is 18.4 Å². The number of piperidine rings is 1. The number of carbonyl (C=O) groups is 1. The first-order valence-corrected chi connectivity index (χ1v) is 6.97. The number of carbonyl (C=O) groups excluding carboxylic acids is 1. The maximum atomic E-state index is 13.2. The van der Waals surface area contributed by atoms with Gasteiger partial charge in [0, 0.05) is 26.1 Å². The highest BCUT2D eigenvalue weighted by Gasteiger charge is 2.41. The SMILES string of the molecule is CN1C[C@@H](N[C@@H](Cc2ccccc2)C(F)(F)F)CCC1=O. The van der Waals surface area contributed by atoms with Crippen LogP contribution in [-0.2, 0) is 11.2 Å². The number of halogens is 3. The third-order valence-corrected chi connectivity index (χ3v) is 3.74. The van der Waals surface area contributed by atoms with Gasteiger partial charge < -0.3 is 10.2 Å². The summed E-state index contributed by atoms with van der Waals surface area (Å²) in [6.45, 7) is 0.320. The molecular formula is C15H19F3N2O. The lowest BCUT2D eigenvalue weighted by Crippen LogP contribution is -2.54. The number of nitrogens with zero attached hydrogens (tertiary/aromatic N) is 1. The second-order valence-electron chi connectivity index (χ2n) is 5.46. The van der Waals surface area contributed by atoms with Crippen LogP contribution in [0.25, 0.3) is 0 Å². The van der Waals surface area contributed by atoms with Gasteiger partial charge >= 0.3 is 6.18 Å². The van der Waals surface area contributed by atoms with E-state index >= 15 is 0 Å². The van der Waals surface area contributed by atoms with Crippen molar-refractivity contribution in [3.8, 4) is 0 Å². The number of nitrogens with one attached hydrogen (secondary N) is 1. The highest BCUT2D eigenvalue weighted by atomic mass is 19.4. The summed E-state index contributed by atoms with van der Waals surface area (Å²) in [4.78, 5) is 12.9. The first kappa shape index (κ1) is 15.8. The molecular weight excluding hydrogens is 281 g/mol. The van der Waals surface area contributed by atoms with Crippen LogP contribution >= 0.6 is 0 Å². The van der Waals surface area contributed by atoms with E-state index < -0.39 is 12.2 Å². The molecule has 1 amide bonds. The molecule has 1 saturated heterocycles. The van der Waals surface area contributed by atoms with Crippen LogP contribution in [0.15, 0.2) is 30.3 Å². The number of hydrogen-bond acceptors (Lipinski definition) is 2. The molecule has 1 aliphatic heterocycles. The Bertz CT molecular complexity index is 476. The fourth-order valence-corrected chi connectivity index (χ4v) is 2.55. The topological polar surface area (TPSA) is 32.3 Å². The van der Waals surface area contributed by atoms with E-state index in [1.807, 2.05) is 0 Å². The maximum absolute atomic E-state index is 13.2. The predicted octanol–water partition coefficient (Wildman–Crippen LogP) is 2.37. The average Bonchev–Trinajstić information content (AvgIpc) is 2.42. The van der Waals surface area contributed by atoms with E-state index in [0.717, 1.165) is 0 Å². The lowest BCUT2D eigenvalue weighted by molar-refractivity contribution is -0.158. The molecule has 2 atom stereocenters. The highest BCUT2D eigenvalue weighted by Crippen LogP contribution is 2.25. The maximum Gasteiger partial charge on any atom is 0.404 e. The molecule has 0 spiro atoms. The second kappa shape index (κ2) is 6.47. The molecule has 0 bridgehead atoms. The standard InChI is InChI=1S/C15H19F3N2O/c1-20-10-12(7-8-14(20)21)19-13(15(16,17)18)9-11-5-3-2-4-6-11/h2-6,12-13,19H,7-10H2,1H3/t12-,13-/m0/s1. The fourth-order valence-electron chi connectivity index (χ4n) is 2.55.